The molecule has 5 rings (SSSR count). The van der Waals surface area contributed by atoms with E-state index in [1.807, 2.05) is 42.5 Å². The lowest BCUT2D eigenvalue weighted by Crippen LogP contribution is -2.16. The van der Waals surface area contributed by atoms with Gasteiger partial charge in [-0.05, 0) is 54.1 Å². The van der Waals surface area contributed by atoms with Gasteiger partial charge in [0, 0.05) is 60.5 Å². The lowest BCUT2D eigenvalue weighted by Gasteiger charge is -2.15. The van der Waals surface area contributed by atoms with E-state index >= 15 is 0 Å². The number of nitriles is 1. The highest BCUT2D eigenvalue weighted by Gasteiger charge is 2.18. The molecule has 0 aliphatic carbocycles. The standard InChI is InChI=1S/C29H24N4O4S/c1-33-18-26(24-11-12-31-28(24)29(33)34)25-15-23(38(2,35)36)9-10-27(25)37-22-8-4-7-21(14-22)32-17-20-6-3-5-19(13-20)16-30/h3-15,18,31-32H,17H2,1-2H3. The molecular weight excluding hydrogens is 500 g/mol. The first-order valence-electron chi connectivity index (χ1n) is 11.7. The van der Waals surface area contributed by atoms with Crippen molar-refractivity contribution in [2.75, 3.05) is 11.6 Å². The fraction of sp³-hybridized carbons (Fsp3) is 0.103. The number of rotatable bonds is 7. The Labute approximate surface area is 219 Å². The molecule has 0 saturated carbocycles. The van der Waals surface area contributed by atoms with Crippen molar-refractivity contribution in [1.82, 2.24) is 9.55 Å². The average Bonchev–Trinajstić information content (AvgIpc) is 3.40. The van der Waals surface area contributed by atoms with Crippen molar-refractivity contribution in [3.63, 3.8) is 0 Å². The van der Waals surface area contributed by atoms with Gasteiger partial charge in [0.2, 0.25) is 0 Å². The van der Waals surface area contributed by atoms with Gasteiger partial charge in [-0.15, -0.1) is 0 Å². The molecule has 38 heavy (non-hydrogen) atoms. The van der Waals surface area contributed by atoms with Crippen LogP contribution in [0.1, 0.15) is 11.1 Å². The number of hydrogen-bond acceptors (Lipinski definition) is 6. The molecule has 0 bridgehead atoms. The van der Waals surface area contributed by atoms with Crippen molar-refractivity contribution in [3.8, 4) is 28.7 Å². The number of aromatic amines is 1. The number of pyridine rings is 1. The van der Waals surface area contributed by atoms with E-state index in [0.29, 0.717) is 45.6 Å². The van der Waals surface area contributed by atoms with Gasteiger partial charge in [-0.3, -0.25) is 4.79 Å². The largest absolute Gasteiger partial charge is 0.457 e. The third kappa shape index (κ3) is 5.03. The summed E-state index contributed by atoms with van der Waals surface area (Å²) in [5, 5.41) is 13.1. The van der Waals surface area contributed by atoms with Gasteiger partial charge in [-0.2, -0.15) is 5.26 Å². The van der Waals surface area contributed by atoms with Crippen LogP contribution < -0.4 is 15.6 Å². The zero-order valence-electron chi connectivity index (χ0n) is 20.7. The van der Waals surface area contributed by atoms with Crippen LogP contribution in [0.25, 0.3) is 22.0 Å². The molecule has 190 valence electrons. The zero-order valence-corrected chi connectivity index (χ0v) is 21.5. The topological polar surface area (TPSA) is 117 Å². The lowest BCUT2D eigenvalue weighted by molar-refractivity contribution is 0.484. The average molecular weight is 525 g/mol. The minimum absolute atomic E-state index is 0.146. The number of nitrogens with one attached hydrogen (secondary N) is 2. The van der Waals surface area contributed by atoms with Crippen molar-refractivity contribution >= 4 is 26.4 Å². The number of fused-ring (bicyclic) bond motifs is 1. The number of H-pyrrole nitrogens is 1. The summed E-state index contributed by atoms with van der Waals surface area (Å²) in [5.41, 5.74) is 3.83. The Morgan fingerprint density at radius 3 is 2.63 bits per heavy atom. The molecule has 0 amide bonds. The molecule has 2 aromatic heterocycles. The summed E-state index contributed by atoms with van der Waals surface area (Å²) in [5.74, 6) is 0.988. The monoisotopic (exact) mass is 524 g/mol. The molecule has 0 aliphatic heterocycles. The first-order valence-corrected chi connectivity index (χ1v) is 13.6. The van der Waals surface area contributed by atoms with Crippen molar-refractivity contribution in [2.45, 2.75) is 11.4 Å². The van der Waals surface area contributed by atoms with Crippen molar-refractivity contribution < 1.29 is 13.2 Å². The van der Waals surface area contributed by atoms with E-state index in [-0.39, 0.29) is 10.5 Å². The number of anilines is 1. The van der Waals surface area contributed by atoms with Gasteiger partial charge in [0.25, 0.3) is 5.56 Å². The maximum Gasteiger partial charge on any atom is 0.274 e. The van der Waals surface area contributed by atoms with Gasteiger partial charge in [-0.25, -0.2) is 8.42 Å². The Balaban J connectivity index is 1.52. The quantitative estimate of drug-likeness (QED) is 0.302. The van der Waals surface area contributed by atoms with Crippen LogP contribution in [0.3, 0.4) is 0 Å². The van der Waals surface area contributed by atoms with E-state index in [1.54, 1.807) is 43.7 Å². The second kappa shape index (κ2) is 9.92. The van der Waals surface area contributed by atoms with Crippen molar-refractivity contribution in [2.24, 2.45) is 7.05 Å². The molecule has 9 heteroatoms. The Bertz CT molecular complexity index is 1880. The van der Waals surface area contributed by atoms with Crippen LogP contribution in [-0.4, -0.2) is 24.2 Å². The van der Waals surface area contributed by atoms with Crippen LogP contribution in [-0.2, 0) is 23.4 Å². The molecular formula is C29H24N4O4S. The van der Waals surface area contributed by atoms with Crippen LogP contribution in [0, 0.1) is 11.3 Å². The molecule has 2 N–H and O–H groups in total. The van der Waals surface area contributed by atoms with E-state index < -0.39 is 9.84 Å². The molecule has 5 aromatic rings. The first kappa shape index (κ1) is 24.9. The maximum absolute atomic E-state index is 12.6. The van der Waals surface area contributed by atoms with Crippen LogP contribution in [0.15, 0.2) is 94.9 Å². The van der Waals surface area contributed by atoms with Gasteiger partial charge in [0.1, 0.15) is 17.0 Å². The predicted octanol–water partition coefficient (Wildman–Crippen LogP) is 5.21. The smallest absolute Gasteiger partial charge is 0.274 e. The number of benzene rings is 3. The molecule has 2 heterocycles. The highest BCUT2D eigenvalue weighted by molar-refractivity contribution is 7.90. The van der Waals surface area contributed by atoms with Gasteiger partial charge >= 0.3 is 0 Å². The molecule has 3 aromatic carbocycles. The fourth-order valence-electron chi connectivity index (χ4n) is 4.27. The molecule has 0 aliphatic rings. The first-order chi connectivity index (χ1) is 18.2. The fourth-order valence-corrected chi connectivity index (χ4v) is 4.92. The number of sulfone groups is 1. The summed E-state index contributed by atoms with van der Waals surface area (Å²) < 4.78 is 32.5. The number of aryl methyl sites for hydroxylation is 1. The molecule has 0 radical (unpaired) electrons. The SMILES string of the molecule is Cn1cc(-c2cc(S(C)(=O)=O)ccc2Oc2cccc(NCc3cccc(C#N)c3)c2)c2cc[nH]c2c1=O. The van der Waals surface area contributed by atoms with Crippen LogP contribution in [0.4, 0.5) is 5.69 Å². The molecule has 0 fully saturated rings. The van der Waals surface area contributed by atoms with Crippen LogP contribution in [0.5, 0.6) is 11.5 Å². The zero-order chi connectivity index (χ0) is 26.9. The van der Waals surface area contributed by atoms with Gasteiger partial charge in [0.05, 0.1) is 16.5 Å². The lowest BCUT2D eigenvalue weighted by atomic mass is 10.0. The van der Waals surface area contributed by atoms with Gasteiger partial charge in [0.15, 0.2) is 9.84 Å². The second-order valence-electron chi connectivity index (χ2n) is 8.95. The number of hydrogen-bond donors (Lipinski definition) is 2. The van der Waals surface area contributed by atoms with E-state index in [9.17, 15) is 13.2 Å². The highest BCUT2D eigenvalue weighted by Crippen LogP contribution is 2.38. The van der Waals surface area contributed by atoms with Crippen LogP contribution in [0.2, 0.25) is 0 Å². The van der Waals surface area contributed by atoms with Gasteiger partial charge < -0.3 is 19.6 Å². The summed E-state index contributed by atoms with van der Waals surface area (Å²) in [7, 11) is -1.84. The summed E-state index contributed by atoms with van der Waals surface area (Å²) in [6, 6.07) is 23.4. The maximum atomic E-state index is 12.6. The molecule has 0 atom stereocenters. The minimum Gasteiger partial charge on any atom is -0.457 e. The number of nitrogens with zero attached hydrogens (tertiary/aromatic N) is 2. The summed E-state index contributed by atoms with van der Waals surface area (Å²) >= 11 is 0. The van der Waals surface area contributed by atoms with E-state index in [0.717, 1.165) is 17.5 Å². The second-order valence-corrected chi connectivity index (χ2v) is 11.0. The number of ether oxygens (including phenoxy) is 1. The Morgan fingerprint density at radius 2 is 1.84 bits per heavy atom. The van der Waals surface area contributed by atoms with Gasteiger partial charge in [-0.1, -0.05) is 18.2 Å². The summed E-state index contributed by atoms with van der Waals surface area (Å²) in [6.07, 6.45) is 4.51. The molecule has 0 unspecified atom stereocenters. The Morgan fingerprint density at radius 1 is 1.03 bits per heavy atom. The van der Waals surface area contributed by atoms with Crippen molar-refractivity contribution in [1.29, 1.82) is 5.26 Å². The summed E-state index contributed by atoms with van der Waals surface area (Å²) in [6.45, 7) is 0.525. The van der Waals surface area contributed by atoms with Crippen molar-refractivity contribution in [3.05, 3.63) is 107 Å². The summed E-state index contributed by atoms with van der Waals surface area (Å²) in [4.78, 5) is 15.7. The highest BCUT2D eigenvalue weighted by atomic mass is 32.2. The van der Waals surface area contributed by atoms with E-state index in [1.165, 1.54) is 10.6 Å². The minimum atomic E-state index is -3.49. The third-order valence-electron chi connectivity index (χ3n) is 6.18. The third-order valence-corrected chi connectivity index (χ3v) is 7.29. The van der Waals surface area contributed by atoms with E-state index in [2.05, 4.69) is 16.4 Å². The molecule has 8 nitrogen and oxygen atoms in total. The Hall–Kier alpha value is -4.81. The predicted molar refractivity (Wildman–Crippen MR) is 147 cm³/mol. The normalized spacial score (nSPS) is 11.3. The number of aromatic nitrogens is 2. The Kier molecular flexibility index (Phi) is 6.49. The van der Waals surface area contributed by atoms with Crippen LogP contribution >= 0.6 is 0 Å². The molecule has 0 saturated heterocycles. The molecule has 0 spiro atoms. The van der Waals surface area contributed by atoms with E-state index in [4.69, 9.17) is 10.00 Å².